The molecule has 0 aliphatic rings. The average molecular weight is 426 g/mol. The first-order valence-corrected chi connectivity index (χ1v) is 9.63. The van der Waals surface area contributed by atoms with Crippen molar-refractivity contribution in [2.24, 2.45) is 0 Å². The molecular formula is C22H26N4O5. The SMILES string of the molecule is COc1ccc(-c2noc(CNc3ccc(C)cc3OCC(=O)N(C)C)n2)cc1OC. The van der Waals surface area contributed by atoms with Gasteiger partial charge in [-0.3, -0.25) is 4.79 Å². The van der Waals surface area contributed by atoms with Crippen LogP contribution in [0.2, 0.25) is 0 Å². The van der Waals surface area contributed by atoms with Crippen LogP contribution in [-0.2, 0) is 11.3 Å². The Kier molecular flexibility index (Phi) is 6.96. The topological polar surface area (TPSA) is 99.0 Å². The Morgan fingerprint density at radius 1 is 1.06 bits per heavy atom. The van der Waals surface area contributed by atoms with Crippen molar-refractivity contribution < 1.29 is 23.5 Å². The van der Waals surface area contributed by atoms with Crippen molar-refractivity contribution in [3.8, 4) is 28.6 Å². The Morgan fingerprint density at radius 2 is 1.84 bits per heavy atom. The van der Waals surface area contributed by atoms with Gasteiger partial charge in [0.2, 0.25) is 11.7 Å². The van der Waals surface area contributed by atoms with Gasteiger partial charge in [0, 0.05) is 19.7 Å². The van der Waals surface area contributed by atoms with E-state index < -0.39 is 0 Å². The Bertz CT molecular complexity index is 1050. The summed E-state index contributed by atoms with van der Waals surface area (Å²) in [5.41, 5.74) is 2.49. The summed E-state index contributed by atoms with van der Waals surface area (Å²) in [5.74, 6) is 2.50. The second-order valence-electron chi connectivity index (χ2n) is 7.01. The lowest BCUT2D eigenvalue weighted by molar-refractivity contribution is -0.130. The summed E-state index contributed by atoms with van der Waals surface area (Å²) in [6.07, 6.45) is 0. The van der Waals surface area contributed by atoms with Crippen LogP contribution in [0.15, 0.2) is 40.9 Å². The summed E-state index contributed by atoms with van der Waals surface area (Å²) < 4.78 is 21.6. The first-order valence-electron chi connectivity index (χ1n) is 9.63. The fourth-order valence-corrected chi connectivity index (χ4v) is 2.75. The molecule has 0 saturated heterocycles. The largest absolute Gasteiger partial charge is 0.493 e. The number of hydrogen-bond acceptors (Lipinski definition) is 8. The number of carbonyl (C=O) groups excluding carboxylic acids is 1. The van der Waals surface area contributed by atoms with Crippen molar-refractivity contribution in [2.45, 2.75) is 13.5 Å². The second-order valence-corrected chi connectivity index (χ2v) is 7.01. The maximum atomic E-state index is 11.8. The van der Waals surface area contributed by atoms with Crippen LogP contribution in [0.4, 0.5) is 5.69 Å². The number of rotatable bonds is 9. The number of carbonyl (C=O) groups is 1. The molecule has 1 aromatic heterocycles. The number of aryl methyl sites for hydroxylation is 1. The molecule has 0 spiro atoms. The highest BCUT2D eigenvalue weighted by atomic mass is 16.5. The molecule has 0 bridgehead atoms. The van der Waals surface area contributed by atoms with E-state index in [0.717, 1.165) is 16.8 Å². The monoisotopic (exact) mass is 426 g/mol. The van der Waals surface area contributed by atoms with Crippen LogP contribution in [0.3, 0.4) is 0 Å². The number of nitrogens with one attached hydrogen (secondary N) is 1. The number of methoxy groups -OCH3 is 2. The van der Waals surface area contributed by atoms with E-state index in [4.69, 9.17) is 18.7 Å². The summed E-state index contributed by atoms with van der Waals surface area (Å²) in [6, 6.07) is 11.1. The number of aromatic nitrogens is 2. The fourth-order valence-electron chi connectivity index (χ4n) is 2.75. The third-order valence-corrected chi connectivity index (χ3v) is 4.53. The van der Waals surface area contributed by atoms with Gasteiger partial charge in [-0.05, 0) is 42.8 Å². The molecule has 31 heavy (non-hydrogen) atoms. The summed E-state index contributed by atoms with van der Waals surface area (Å²) in [7, 11) is 6.52. The van der Waals surface area contributed by atoms with Crippen molar-refractivity contribution in [1.29, 1.82) is 0 Å². The van der Waals surface area contributed by atoms with E-state index in [0.29, 0.717) is 35.5 Å². The van der Waals surface area contributed by atoms with Gasteiger partial charge in [-0.2, -0.15) is 4.98 Å². The van der Waals surface area contributed by atoms with E-state index in [1.807, 2.05) is 31.2 Å². The van der Waals surface area contributed by atoms with Crippen LogP contribution in [0, 0.1) is 6.92 Å². The maximum absolute atomic E-state index is 11.8. The van der Waals surface area contributed by atoms with Crippen molar-refractivity contribution in [1.82, 2.24) is 15.0 Å². The highest BCUT2D eigenvalue weighted by Crippen LogP contribution is 2.31. The first-order chi connectivity index (χ1) is 14.9. The maximum Gasteiger partial charge on any atom is 0.259 e. The number of amides is 1. The fraction of sp³-hybridized carbons (Fsp3) is 0.318. The predicted molar refractivity (Wildman–Crippen MR) is 116 cm³/mol. The number of ether oxygens (including phenoxy) is 3. The molecular weight excluding hydrogens is 400 g/mol. The van der Waals surface area contributed by atoms with Crippen LogP contribution >= 0.6 is 0 Å². The summed E-state index contributed by atoms with van der Waals surface area (Å²) in [4.78, 5) is 17.8. The van der Waals surface area contributed by atoms with Gasteiger partial charge in [0.1, 0.15) is 5.75 Å². The molecule has 0 fully saturated rings. The van der Waals surface area contributed by atoms with Gasteiger partial charge in [-0.1, -0.05) is 11.2 Å². The lowest BCUT2D eigenvalue weighted by Crippen LogP contribution is -2.27. The molecule has 0 aliphatic heterocycles. The third kappa shape index (κ3) is 5.44. The number of likely N-dealkylation sites (N-methyl/N-ethyl adjacent to an activating group) is 1. The summed E-state index contributed by atoms with van der Waals surface area (Å²) in [5, 5.41) is 7.27. The highest BCUT2D eigenvalue weighted by molar-refractivity contribution is 5.77. The van der Waals surface area contributed by atoms with E-state index in [-0.39, 0.29) is 12.5 Å². The molecule has 164 valence electrons. The number of hydrogen-bond donors (Lipinski definition) is 1. The molecule has 3 rings (SSSR count). The minimum Gasteiger partial charge on any atom is -0.493 e. The van der Waals surface area contributed by atoms with E-state index >= 15 is 0 Å². The van der Waals surface area contributed by atoms with Gasteiger partial charge >= 0.3 is 0 Å². The first kappa shape index (κ1) is 21.9. The molecule has 9 nitrogen and oxygen atoms in total. The van der Waals surface area contributed by atoms with Crippen LogP contribution < -0.4 is 19.5 Å². The van der Waals surface area contributed by atoms with Gasteiger partial charge in [0.25, 0.3) is 5.91 Å². The van der Waals surface area contributed by atoms with E-state index in [1.54, 1.807) is 40.4 Å². The summed E-state index contributed by atoms with van der Waals surface area (Å²) >= 11 is 0. The summed E-state index contributed by atoms with van der Waals surface area (Å²) in [6.45, 7) is 2.20. The Morgan fingerprint density at radius 3 is 2.55 bits per heavy atom. The minimum absolute atomic E-state index is 0.0465. The quantitative estimate of drug-likeness (QED) is 0.557. The van der Waals surface area contributed by atoms with Crippen LogP contribution in [0.1, 0.15) is 11.5 Å². The molecule has 0 unspecified atom stereocenters. The zero-order valence-electron chi connectivity index (χ0n) is 18.3. The lowest BCUT2D eigenvalue weighted by atomic mass is 10.2. The molecule has 0 atom stereocenters. The van der Waals surface area contributed by atoms with Crippen molar-refractivity contribution in [3.05, 3.63) is 47.9 Å². The third-order valence-electron chi connectivity index (χ3n) is 4.53. The standard InChI is InChI=1S/C22H26N4O5/c1-14-6-8-16(18(10-14)30-13-21(27)26(2)3)23-12-20-24-22(25-31-20)15-7-9-17(28-4)19(11-15)29-5/h6-11,23H,12-13H2,1-5H3. The highest BCUT2D eigenvalue weighted by Gasteiger charge is 2.14. The number of nitrogens with zero attached hydrogens (tertiary/aromatic N) is 3. The lowest BCUT2D eigenvalue weighted by Gasteiger charge is -2.15. The van der Waals surface area contributed by atoms with Crippen LogP contribution in [-0.4, -0.2) is 55.9 Å². The van der Waals surface area contributed by atoms with Crippen molar-refractivity contribution in [2.75, 3.05) is 40.2 Å². The molecule has 0 aliphatic carbocycles. The zero-order valence-corrected chi connectivity index (χ0v) is 18.3. The minimum atomic E-state index is -0.121. The van der Waals surface area contributed by atoms with Gasteiger partial charge in [0.15, 0.2) is 18.1 Å². The van der Waals surface area contributed by atoms with Crippen LogP contribution in [0.25, 0.3) is 11.4 Å². The molecule has 2 aromatic carbocycles. The zero-order chi connectivity index (χ0) is 22.4. The van der Waals surface area contributed by atoms with Crippen molar-refractivity contribution in [3.63, 3.8) is 0 Å². The Balaban J connectivity index is 1.70. The average Bonchev–Trinajstić information content (AvgIpc) is 3.25. The van der Waals surface area contributed by atoms with Gasteiger partial charge in [-0.25, -0.2) is 0 Å². The normalized spacial score (nSPS) is 10.5. The Hall–Kier alpha value is -3.75. The molecule has 0 saturated carbocycles. The molecule has 0 radical (unpaired) electrons. The van der Waals surface area contributed by atoms with Gasteiger partial charge < -0.3 is 29.0 Å². The molecule has 1 heterocycles. The van der Waals surface area contributed by atoms with E-state index in [9.17, 15) is 4.79 Å². The van der Waals surface area contributed by atoms with Gasteiger partial charge in [0.05, 0.1) is 26.5 Å². The van der Waals surface area contributed by atoms with E-state index in [1.165, 1.54) is 4.90 Å². The molecule has 1 amide bonds. The second kappa shape index (κ2) is 9.84. The molecule has 9 heteroatoms. The smallest absolute Gasteiger partial charge is 0.259 e. The van der Waals surface area contributed by atoms with Crippen LogP contribution in [0.5, 0.6) is 17.2 Å². The van der Waals surface area contributed by atoms with Crippen molar-refractivity contribution >= 4 is 11.6 Å². The van der Waals surface area contributed by atoms with Gasteiger partial charge in [-0.15, -0.1) is 0 Å². The van der Waals surface area contributed by atoms with E-state index in [2.05, 4.69) is 15.5 Å². The molecule has 3 aromatic rings. The predicted octanol–water partition coefficient (Wildman–Crippen LogP) is 3.14. The number of benzene rings is 2. The Labute approximate surface area is 180 Å². The molecule has 1 N–H and O–H groups in total. The number of anilines is 1.